The number of carboxylic acids is 1. The second-order valence-corrected chi connectivity index (χ2v) is 13.0. The van der Waals surface area contributed by atoms with E-state index in [1.54, 1.807) is 12.1 Å². The fraction of sp³-hybridized carbons (Fsp3) is 0.140. The van der Waals surface area contributed by atoms with Crippen LogP contribution in [0.1, 0.15) is 81.3 Å². The van der Waals surface area contributed by atoms with Crippen molar-refractivity contribution in [2.75, 3.05) is 16.0 Å². The van der Waals surface area contributed by atoms with Crippen molar-refractivity contribution >= 4 is 52.3 Å². The molecule has 14 heteroatoms. The number of phenols is 2. The average Bonchev–Trinajstić information content (AvgIpc) is 3.18. The SMILES string of the molecule is Cc1c(NC(=O)c2ccc(NC(=O)c3ccc(NC(=O)C(CC#N)CC(=O)c4ccc(CC(=O)c5ccc(F)cc5)cc4)cc3)c(C)c2O)ccc(C(=O)O)c1O. The zero-order valence-corrected chi connectivity index (χ0v) is 30.6. The number of aromatic hydroxyl groups is 2. The molecule has 288 valence electrons. The molecule has 0 fully saturated rings. The van der Waals surface area contributed by atoms with Crippen molar-refractivity contribution in [3.63, 3.8) is 0 Å². The van der Waals surface area contributed by atoms with E-state index in [-0.39, 0.29) is 70.0 Å². The minimum absolute atomic E-state index is 0.0427. The lowest BCUT2D eigenvalue weighted by molar-refractivity contribution is -0.119. The Morgan fingerprint density at radius 1 is 0.649 bits per heavy atom. The van der Waals surface area contributed by atoms with E-state index in [0.29, 0.717) is 22.4 Å². The minimum Gasteiger partial charge on any atom is -0.507 e. The molecule has 0 saturated carbocycles. The van der Waals surface area contributed by atoms with Gasteiger partial charge in [-0.3, -0.25) is 24.0 Å². The molecule has 0 aromatic heterocycles. The summed E-state index contributed by atoms with van der Waals surface area (Å²) in [6, 6.07) is 24.4. The van der Waals surface area contributed by atoms with Crippen LogP contribution in [-0.2, 0) is 11.2 Å². The number of Topliss-reactive ketones (excluding diaryl/α,β-unsaturated/α-hetero) is 2. The third kappa shape index (κ3) is 9.72. The summed E-state index contributed by atoms with van der Waals surface area (Å²) >= 11 is 0. The molecule has 0 radical (unpaired) electrons. The van der Waals surface area contributed by atoms with E-state index in [1.165, 1.54) is 92.7 Å². The highest BCUT2D eigenvalue weighted by Crippen LogP contribution is 2.32. The number of nitrogens with zero attached hydrogens (tertiary/aromatic N) is 1. The third-order valence-corrected chi connectivity index (χ3v) is 9.20. The van der Waals surface area contributed by atoms with Gasteiger partial charge in [-0.05, 0) is 92.2 Å². The Kier molecular flexibility index (Phi) is 12.5. The van der Waals surface area contributed by atoms with Crippen LogP contribution in [0.2, 0.25) is 0 Å². The molecule has 13 nitrogen and oxygen atoms in total. The summed E-state index contributed by atoms with van der Waals surface area (Å²) in [5, 5.41) is 47.4. The molecule has 5 aromatic rings. The molecule has 5 aromatic carbocycles. The maximum atomic E-state index is 13.2. The number of nitriles is 1. The van der Waals surface area contributed by atoms with Crippen molar-refractivity contribution in [3.8, 4) is 17.6 Å². The van der Waals surface area contributed by atoms with Crippen molar-refractivity contribution in [2.45, 2.75) is 33.1 Å². The van der Waals surface area contributed by atoms with Gasteiger partial charge in [-0.25, -0.2) is 9.18 Å². The van der Waals surface area contributed by atoms with Gasteiger partial charge in [0.15, 0.2) is 11.6 Å². The zero-order valence-electron chi connectivity index (χ0n) is 30.6. The quantitative estimate of drug-likeness (QED) is 0.0622. The van der Waals surface area contributed by atoms with E-state index >= 15 is 0 Å². The van der Waals surface area contributed by atoms with Crippen molar-refractivity contribution in [1.82, 2.24) is 0 Å². The molecule has 6 N–H and O–H groups in total. The van der Waals surface area contributed by atoms with Crippen LogP contribution in [0.5, 0.6) is 11.5 Å². The lowest BCUT2D eigenvalue weighted by Crippen LogP contribution is -2.25. The number of ketones is 2. The fourth-order valence-electron chi connectivity index (χ4n) is 5.80. The second kappa shape index (κ2) is 17.7. The summed E-state index contributed by atoms with van der Waals surface area (Å²) in [6.07, 6.45) is -0.456. The number of aromatic carboxylic acids is 1. The van der Waals surface area contributed by atoms with Crippen LogP contribution < -0.4 is 16.0 Å². The van der Waals surface area contributed by atoms with Crippen molar-refractivity contribution < 1.29 is 48.5 Å². The van der Waals surface area contributed by atoms with Crippen LogP contribution in [0.25, 0.3) is 0 Å². The number of phenolic OH excluding ortho intramolecular Hbond substituents is 1. The van der Waals surface area contributed by atoms with Crippen LogP contribution in [-0.4, -0.2) is 50.6 Å². The largest absolute Gasteiger partial charge is 0.507 e. The Morgan fingerprint density at radius 2 is 1.16 bits per heavy atom. The first-order chi connectivity index (χ1) is 27.2. The number of anilines is 3. The molecule has 0 spiro atoms. The lowest BCUT2D eigenvalue weighted by Gasteiger charge is -2.15. The second-order valence-electron chi connectivity index (χ2n) is 13.0. The minimum atomic E-state index is -1.34. The molecule has 0 bridgehead atoms. The summed E-state index contributed by atoms with van der Waals surface area (Å²) in [5.74, 6) is -6.22. The van der Waals surface area contributed by atoms with Gasteiger partial charge in [0.25, 0.3) is 11.8 Å². The zero-order chi connectivity index (χ0) is 41.4. The van der Waals surface area contributed by atoms with Crippen LogP contribution >= 0.6 is 0 Å². The number of hydrogen-bond acceptors (Lipinski definition) is 9. The molecule has 0 aliphatic rings. The first kappa shape index (κ1) is 40.5. The van der Waals surface area contributed by atoms with Gasteiger partial charge in [-0.1, -0.05) is 24.3 Å². The van der Waals surface area contributed by atoms with Gasteiger partial charge in [-0.15, -0.1) is 0 Å². The first-order valence-corrected chi connectivity index (χ1v) is 17.4. The van der Waals surface area contributed by atoms with E-state index in [1.807, 2.05) is 6.07 Å². The molecule has 1 atom stereocenters. The van der Waals surface area contributed by atoms with Gasteiger partial charge in [0.2, 0.25) is 5.91 Å². The lowest BCUT2D eigenvalue weighted by atomic mass is 9.94. The molecule has 57 heavy (non-hydrogen) atoms. The van der Waals surface area contributed by atoms with E-state index in [2.05, 4.69) is 16.0 Å². The summed E-state index contributed by atoms with van der Waals surface area (Å²) < 4.78 is 13.2. The van der Waals surface area contributed by atoms with Gasteiger partial charge in [-0.2, -0.15) is 5.26 Å². The molecular formula is C43H35FN4O9. The molecule has 0 aliphatic heterocycles. The maximum Gasteiger partial charge on any atom is 0.339 e. The van der Waals surface area contributed by atoms with Gasteiger partial charge in [0.1, 0.15) is 22.9 Å². The van der Waals surface area contributed by atoms with E-state index < -0.39 is 46.9 Å². The van der Waals surface area contributed by atoms with Crippen LogP contribution in [0, 0.1) is 36.9 Å². The number of carbonyl (C=O) groups is 6. The van der Waals surface area contributed by atoms with Crippen molar-refractivity contribution in [2.24, 2.45) is 5.92 Å². The summed E-state index contributed by atoms with van der Waals surface area (Å²) in [7, 11) is 0. The monoisotopic (exact) mass is 770 g/mol. The number of hydrogen-bond donors (Lipinski definition) is 6. The predicted octanol–water partition coefficient (Wildman–Crippen LogP) is 7.22. The predicted molar refractivity (Wildman–Crippen MR) is 207 cm³/mol. The number of carbonyl (C=O) groups excluding carboxylic acids is 5. The molecule has 1 unspecified atom stereocenters. The molecule has 5 rings (SSSR count). The Bertz CT molecular complexity index is 2440. The van der Waals surface area contributed by atoms with Crippen LogP contribution in [0.4, 0.5) is 21.5 Å². The number of halogens is 1. The van der Waals surface area contributed by atoms with Gasteiger partial charge in [0, 0.05) is 64.1 Å². The van der Waals surface area contributed by atoms with E-state index in [4.69, 9.17) is 0 Å². The molecule has 0 saturated heterocycles. The third-order valence-electron chi connectivity index (χ3n) is 9.20. The molecule has 3 amide bonds. The Labute approximate surface area is 325 Å². The van der Waals surface area contributed by atoms with Crippen molar-refractivity contribution in [1.29, 1.82) is 5.26 Å². The number of carboxylic acid groups (broad SMARTS) is 1. The summed E-state index contributed by atoms with van der Waals surface area (Å²) in [4.78, 5) is 76.1. The number of rotatable bonds is 14. The maximum absolute atomic E-state index is 13.2. The Hall–Kier alpha value is -7.66. The highest BCUT2D eigenvalue weighted by Gasteiger charge is 2.24. The standard InChI is InChI=1S/C43H35FN4O9/c1-23-34(17-15-32(38(23)51)42(55)48-35-18-16-33(43(56)57)39(52)24(35)2)47-40(53)28-9-13-31(14-10-28)46-41(54)29(19-20-45)22-37(50)26-5-3-25(4-6-26)21-36(49)27-7-11-30(44)12-8-27/h3-18,29,51-52H,19,21-22H2,1-2H3,(H,46,54)(H,47,53)(H,48,55)(H,56,57). The first-order valence-electron chi connectivity index (χ1n) is 17.4. The van der Waals surface area contributed by atoms with Gasteiger partial charge >= 0.3 is 5.97 Å². The highest BCUT2D eigenvalue weighted by atomic mass is 19.1. The Balaban J connectivity index is 1.17. The van der Waals surface area contributed by atoms with Crippen molar-refractivity contribution in [3.05, 3.63) is 147 Å². The number of amides is 3. The normalized spacial score (nSPS) is 11.1. The molecular weight excluding hydrogens is 735 g/mol. The van der Waals surface area contributed by atoms with Gasteiger partial charge < -0.3 is 31.3 Å². The number of benzene rings is 5. The smallest absolute Gasteiger partial charge is 0.339 e. The average molecular weight is 771 g/mol. The van der Waals surface area contributed by atoms with E-state index in [9.17, 15) is 53.7 Å². The highest BCUT2D eigenvalue weighted by molar-refractivity contribution is 6.09. The molecule has 0 heterocycles. The molecule has 0 aliphatic carbocycles. The Morgan fingerprint density at radius 3 is 1.74 bits per heavy atom. The topological polar surface area (TPSA) is 223 Å². The summed E-state index contributed by atoms with van der Waals surface area (Å²) in [5.41, 5.74) is 1.90. The summed E-state index contributed by atoms with van der Waals surface area (Å²) in [6.45, 7) is 2.91. The van der Waals surface area contributed by atoms with Crippen LogP contribution in [0.3, 0.4) is 0 Å². The number of nitrogens with one attached hydrogen (secondary N) is 3. The van der Waals surface area contributed by atoms with E-state index in [0.717, 1.165) is 6.07 Å². The fourth-order valence-corrected chi connectivity index (χ4v) is 5.80. The van der Waals surface area contributed by atoms with Crippen LogP contribution in [0.15, 0.2) is 97.1 Å². The van der Waals surface area contributed by atoms with Gasteiger partial charge in [0.05, 0.1) is 17.6 Å².